The van der Waals surface area contributed by atoms with Crippen molar-refractivity contribution in [2.24, 2.45) is 5.84 Å². The lowest BCUT2D eigenvalue weighted by Gasteiger charge is -2.24. The molecule has 23 heavy (non-hydrogen) atoms. The lowest BCUT2D eigenvalue weighted by Crippen LogP contribution is -2.31. The monoisotopic (exact) mass is 322 g/mol. The normalized spacial score (nSPS) is 32.3. The van der Waals surface area contributed by atoms with Gasteiger partial charge in [-0.25, -0.2) is 20.8 Å². The number of nitrogen functional groups attached to an aromatic ring is 1. The van der Waals surface area contributed by atoms with Crippen molar-refractivity contribution in [3.8, 4) is 0 Å². The van der Waals surface area contributed by atoms with Crippen molar-refractivity contribution in [2.75, 3.05) is 12.0 Å². The fraction of sp³-hybridized carbons (Fsp3) is 0.615. The molecule has 0 aliphatic carbocycles. The minimum absolute atomic E-state index is 0.158. The number of hydrazine groups is 1. The van der Waals surface area contributed by atoms with Crippen LogP contribution in [-0.4, -0.2) is 55.3 Å². The van der Waals surface area contributed by atoms with E-state index in [1.807, 2.05) is 13.8 Å². The van der Waals surface area contributed by atoms with E-state index >= 15 is 0 Å². The van der Waals surface area contributed by atoms with Gasteiger partial charge in [-0.3, -0.25) is 4.57 Å². The van der Waals surface area contributed by atoms with Gasteiger partial charge < -0.3 is 24.7 Å². The summed E-state index contributed by atoms with van der Waals surface area (Å²) in [5.41, 5.74) is 3.58. The van der Waals surface area contributed by atoms with E-state index in [2.05, 4.69) is 20.4 Å². The molecule has 2 fully saturated rings. The summed E-state index contributed by atoms with van der Waals surface area (Å²) in [5, 5.41) is 9.56. The molecule has 4 atom stereocenters. The van der Waals surface area contributed by atoms with Gasteiger partial charge in [0.25, 0.3) is 0 Å². The number of hydrogen-bond donors (Lipinski definition) is 3. The quantitative estimate of drug-likeness (QED) is 0.506. The number of nitrogens with zero attached hydrogens (tertiary/aromatic N) is 4. The number of aliphatic hydroxyl groups is 1. The highest BCUT2D eigenvalue weighted by Crippen LogP contribution is 2.43. The molecule has 124 valence electrons. The summed E-state index contributed by atoms with van der Waals surface area (Å²) in [4.78, 5) is 12.6. The van der Waals surface area contributed by atoms with Gasteiger partial charge in [0.2, 0.25) is 0 Å². The van der Waals surface area contributed by atoms with Gasteiger partial charge in [-0.2, -0.15) is 0 Å². The van der Waals surface area contributed by atoms with E-state index in [9.17, 15) is 5.11 Å². The van der Waals surface area contributed by atoms with Gasteiger partial charge in [-0.05, 0) is 13.8 Å². The maximum Gasteiger partial charge on any atom is 0.171 e. The highest BCUT2D eigenvalue weighted by molar-refractivity contribution is 5.82. The third-order valence-electron chi connectivity index (χ3n) is 4.07. The van der Waals surface area contributed by atoms with E-state index in [0.717, 1.165) is 0 Å². The number of imidazole rings is 1. The van der Waals surface area contributed by atoms with Crippen LogP contribution in [0.5, 0.6) is 0 Å². The van der Waals surface area contributed by atoms with Crippen LogP contribution in [0.15, 0.2) is 12.7 Å². The largest absolute Gasteiger partial charge is 0.394 e. The van der Waals surface area contributed by atoms with Crippen LogP contribution in [0.3, 0.4) is 0 Å². The van der Waals surface area contributed by atoms with E-state index in [-0.39, 0.29) is 18.8 Å². The van der Waals surface area contributed by atoms with Crippen LogP contribution in [0.2, 0.25) is 0 Å². The lowest BCUT2D eigenvalue weighted by atomic mass is 10.1. The molecule has 4 heterocycles. The second-order valence-electron chi connectivity index (χ2n) is 6.00. The van der Waals surface area contributed by atoms with Crippen LogP contribution in [0.25, 0.3) is 11.2 Å². The Morgan fingerprint density at radius 1 is 1.30 bits per heavy atom. The summed E-state index contributed by atoms with van der Waals surface area (Å²) in [5.74, 6) is 5.13. The Bertz CT molecular complexity index is 734. The van der Waals surface area contributed by atoms with E-state index < -0.39 is 18.1 Å². The first-order valence-electron chi connectivity index (χ1n) is 7.30. The minimum atomic E-state index is -0.736. The molecule has 2 aromatic rings. The van der Waals surface area contributed by atoms with Gasteiger partial charge >= 0.3 is 0 Å². The Balaban J connectivity index is 1.76. The van der Waals surface area contributed by atoms with E-state index in [1.54, 1.807) is 10.9 Å². The highest BCUT2D eigenvalue weighted by Gasteiger charge is 2.55. The number of nitrogens with two attached hydrogens (primary N) is 1. The first-order valence-corrected chi connectivity index (χ1v) is 7.30. The molecule has 2 saturated heterocycles. The Kier molecular flexibility index (Phi) is 3.25. The summed E-state index contributed by atoms with van der Waals surface area (Å²) < 4.78 is 19.5. The van der Waals surface area contributed by atoms with Crippen LogP contribution in [0.1, 0.15) is 20.1 Å². The van der Waals surface area contributed by atoms with Crippen LogP contribution < -0.4 is 11.3 Å². The van der Waals surface area contributed by atoms with Crippen molar-refractivity contribution in [3.63, 3.8) is 0 Å². The molecular weight excluding hydrogens is 304 g/mol. The molecule has 2 aliphatic heterocycles. The van der Waals surface area contributed by atoms with Gasteiger partial charge in [-0.15, -0.1) is 0 Å². The summed E-state index contributed by atoms with van der Waals surface area (Å²) >= 11 is 0. The van der Waals surface area contributed by atoms with Crippen molar-refractivity contribution < 1.29 is 19.3 Å². The maximum absolute atomic E-state index is 9.56. The highest BCUT2D eigenvalue weighted by atomic mass is 16.8. The number of rotatable bonds is 3. The number of aromatic nitrogens is 4. The van der Waals surface area contributed by atoms with Gasteiger partial charge in [0.05, 0.1) is 12.9 Å². The Morgan fingerprint density at radius 3 is 2.83 bits per heavy atom. The van der Waals surface area contributed by atoms with Crippen LogP contribution in [-0.2, 0) is 14.2 Å². The molecule has 10 nitrogen and oxygen atoms in total. The topological polar surface area (TPSA) is 130 Å². The van der Waals surface area contributed by atoms with Crippen LogP contribution in [0, 0.1) is 0 Å². The number of nitrogens with one attached hydrogen (secondary N) is 1. The average molecular weight is 322 g/mol. The molecule has 0 saturated carbocycles. The molecule has 0 radical (unpaired) electrons. The van der Waals surface area contributed by atoms with E-state index in [4.69, 9.17) is 20.1 Å². The molecule has 0 amide bonds. The second kappa shape index (κ2) is 5.08. The van der Waals surface area contributed by atoms with Gasteiger partial charge in [0.15, 0.2) is 29.0 Å². The number of ether oxygens (including phenoxy) is 3. The molecular formula is C13H18N6O4. The Morgan fingerprint density at radius 2 is 2.09 bits per heavy atom. The average Bonchev–Trinajstić information content (AvgIpc) is 3.17. The third kappa shape index (κ3) is 2.18. The first kappa shape index (κ1) is 14.7. The first-order chi connectivity index (χ1) is 11.0. The van der Waals surface area contributed by atoms with E-state index in [0.29, 0.717) is 17.0 Å². The predicted molar refractivity (Wildman–Crippen MR) is 78.0 cm³/mol. The maximum atomic E-state index is 9.56. The zero-order valence-electron chi connectivity index (χ0n) is 12.7. The van der Waals surface area contributed by atoms with Gasteiger partial charge in [0, 0.05) is 0 Å². The second-order valence-corrected chi connectivity index (χ2v) is 6.00. The summed E-state index contributed by atoms with van der Waals surface area (Å²) in [7, 11) is 0. The minimum Gasteiger partial charge on any atom is -0.394 e. The SMILES string of the molecule is CC1(C)O[C@@H]2[C@H](CO)OC(n3cnc4c(NN)ncnc43)[C@H]2O1. The molecule has 2 aliphatic rings. The van der Waals surface area contributed by atoms with Crippen molar-refractivity contribution >= 4 is 17.0 Å². The zero-order valence-corrected chi connectivity index (χ0v) is 12.7. The molecule has 0 aromatic carbocycles. The number of aliphatic hydroxyl groups excluding tert-OH is 1. The molecule has 4 N–H and O–H groups in total. The molecule has 4 rings (SSSR count). The van der Waals surface area contributed by atoms with Crippen molar-refractivity contribution in [1.29, 1.82) is 0 Å². The third-order valence-corrected chi connectivity index (χ3v) is 4.07. The van der Waals surface area contributed by atoms with Gasteiger partial charge in [-0.1, -0.05) is 0 Å². The molecule has 0 spiro atoms. The number of hydrogen-bond acceptors (Lipinski definition) is 9. The van der Waals surface area contributed by atoms with E-state index in [1.165, 1.54) is 6.33 Å². The summed E-state index contributed by atoms with van der Waals surface area (Å²) in [6.07, 6.45) is 1.27. The summed E-state index contributed by atoms with van der Waals surface area (Å²) in [6, 6.07) is 0. The predicted octanol–water partition coefficient (Wildman–Crippen LogP) is -0.478. The van der Waals surface area contributed by atoms with Gasteiger partial charge in [0.1, 0.15) is 24.6 Å². The van der Waals surface area contributed by atoms with Crippen molar-refractivity contribution in [1.82, 2.24) is 19.5 Å². The van der Waals surface area contributed by atoms with Crippen LogP contribution >= 0.6 is 0 Å². The fourth-order valence-electron chi connectivity index (χ4n) is 3.17. The van der Waals surface area contributed by atoms with Crippen LogP contribution in [0.4, 0.5) is 5.82 Å². The molecule has 2 aromatic heterocycles. The smallest absolute Gasteiger partial charge is 0.171 e. The fourth-order valence-corrected chi connectivity index (χ4v) is 3.17. The molecule has 1 unspecified atom stereocenters. The number of fused-ring (bicyclic) bond motifs is 2. The zero-order chi connectivity index (χ0) is 16.2. The Labute approximate surface area is 131 Å². The molecule has 0 bridgehead atoms. The number of anilines is 1. The Hall–Kier alpha value is -1.85. The lowest BCUT2D eigenvalue weighted by molar-refractivity contribution is -0.199. The molecule has 10 heteroatoms. The summed E-state index contributed by atoms with van der Waals surface area (Å²) in [6.45, 7) is 3.51. The van der Waals surface area contributed by atoms with Crippen molar-refractivity contribution in [2.45, 2.75) is 44.2 Å². The standard InChI is InChI=1S/C13H18N6O4/c1-13(2)22-8-6(3-20)21-12(9(8)23-13)19-5-17-7-10(18-14)15-4-16-11(7)19/h4-6,8-9,12,20H,3,14H2,1-2H3,(H,15,16,18)/t6-,8+,9-,12?/m0/s1. The van der Waals surface area contributed by atoms with Crippen molar-refractivity contribution in [3.05, 3.63) is 12.7 Å².